The van der Waals surface area contributed by atoms with E-state index in [0.29, 0.717) is 5.92 Å². The number of nitrogens with zero attached hydrogens (tertiary/aromatic N) is 1. The van der Waals surface area contributed by atoms with Crippen LogP contribution < -0.4 is 4.90 Å². The van der Waals surface area contributed by atoms with E-state index >= 15 is 0 Å². The first-order valence-electron chi connectivity index (χ1n) is 12.4. The van der Waals surface area contributed by atoms with E-state index in [-0.39, 0.29) is 11.0 Å². The molecule has 3 aromatic carbocycles. The third-order valence-electron chi connectivity index (χ3n) is 7.70. The molecular weight excluding hydrogens is 386 g/mol. The summed E-state index contributed by atoms with van der Waals surface area (Å²) in [6.45, 7) is 11.8. The zero-order valence-corrected chi connectivity index (χ0v) is 20.4. The molecule has 2 aliphatic rings. The predicted molar refractivity (Wildman–Crippen MR) is 138 cm³/mol. The van der Waals surface area contributed by atoms with Crippen molar-refractivity contribution in [1.29, 1.82) is 0 Å². The fourth-order valence-electron chi connectivity index (χ4n) is 6.15. The molecule has 0 heterocycles. The molecule has 1 heteroatoms. The van der Waals surface area contributed by atoms with Gasteiger partial charge in [-0.1, -0.05) is 81.6 Å². The van der Waals surface area contributed by atoms with Gasteiger partial charge in [0.15, 0.2) is 0 Å². The van der Waals surface area contributed by atoms with Crippen molar-refractivity contribution in [2.75, 3.05) is 4.90 Å². The van der Waals surface area contributed by atoms with Gasteiger partial charge in [0.05, 0.1) is 0 Å². The minimum atomic E-state index is -0.0212. The lowest BCUT2D eigenvalue weighted by Crippen LogP contribution is -2.38. The molecular formula is C31H37N. The minimum Gasteiger partial charge on any atom is -0.336 e. The van der Waals surface area contributed by atoms with Gasteiger partial charge in [-0.3, -0.25) is 0 Å². The average Bonchev–Trinajstić information content (AvgIpc) is 3.01. The van der Waals surface area contributed by atoms with Crippen LogP contribution in [0.25, 0.3) is 11.1 Å². The first kappa shape index (κ1) is 21.3. The molecule has 32 heavy (non-hydrogen) atoms. The highest BCUT2D eigenvalue weighted by Crippen LogP contribution is 2.53. The van der Waals surface area contributed by atoms with Gasteiger partial charge < -0.3 is 4.90 Å². The number of para-hydroxylation sites is 1. The summed E-state index contributed by atoms with van der Waals surface area (Å²) in [6.07, 6.45) is 6.71. The van der Waals surface area contributed by atoms with Crippen LogP contribution in [0.5, 0.6) is 0 Å². The summed E-state index contributed by atoms with van der Waals surface area (Å²) in [5.74, 6) is 0.650. The van der Waals surface area contributed by atoms with E-state index in [1.54, 1.807) is 5.56 Å². The molecule has 0 amide bonds. The highest BCUT2D eigenvalue weighted by molar-refractivity contribution is 5.86. The molecule has 0 atom stereocenters. The zero-order valence-electron chi connectivity index (χ0n) is 20.4. The molecule has 0 saturated heterocycles. The van der Waals surface area contributed by atoms with E-state index in [4.69, 9.17) is 0 Å². The van der Waals surface area contributed by atoms with E-state index in [2.05, 4.69) is 106 Å². The van der Waals surface area contributed by atoms with Crippen molar-refractivity contribution in [2.45, 2.75) is 83.6 Å². The third kappa shape index (κ3) is 3.47. The highest BCUT2D eigenvalue weighted by Gasteiger charge is 2.38. The van der Waals surface area contributed by atoms with Crippen molar-refractivity contribution < 1.29 is 0 Å². The van der Waals surface area contributed by atoms with Crippen LogP contribution in [0.1, 0.15) is 89.3 Å². The van der Waals surface area contributed by atoms with Crippen LogP contribution in [-0.2, 0) is 5.41 Å². The average molecular weight is 424 g/mol. The Kier molecular flexibility index (Phi) is 5.19. The molecule has 0 aliphatic heterocycles. The molecule has 0 aromatic heterocycles. The van der Waals surface area contributed by atoms with Gasteiger partial charge in [-0.15, -0.1) is 0 Å². The first-order valence-corrected chi connectivity index (χ1v) is 12.4. The first-order chi connectivity index (χ1) is 15.3. The molecule has 0 unspecified atom stereocenters. The number of rotatable bonds is 3. The number of fused-ring (bicyclic) bond motifs is 3. The van der Waals surface area contributed by atoms with Crippen molar-refractivity contribution in [3.8, 4) is 11.1 Å². The number of benzene rings is 3. The Morgan fingerprint density at radius 3 is 2.09 bits per heavy atom. The Labute approximate surface area is 194 Å². The molecule has 5 rings (SSSR count). The van der Waals surface area contributed by atoms with Crippen LogP contribution >= 0.6 is 0 Å². The topological polar surface area (TPSA) is 3.24 Å². The highest BCUT2D eigenvalue weighted by atomic mass is 15.2. The standard InChI is InChI=1S/C31H37N/c1-30(2,3)32(23-16-10-7-11-17-23)29-21-26-24-18-12-13-19-27(24)31(4,5)28(26)20-25(29)22-14-8-6-9-15-22/h7,10-13,16-22H,6,8-9,14-15H2,1-5H3. The van der Waals surface area contributed by atoms with Crippen molar-refractivity contribution in [3.63, 3.8) is 0 Å². The SMILES string of the molecule is CC1(C)c2ccccc2-c2cc(N(c3ccccc3)C(C)(C)C)c(C3CCCCC3)cc21. The Bertz CT molecular complexity index is 1110. The van der Waals surface area contributed by atoms with Gasteiger partial charge in [-0.25, -0.2) is 0 Å². The second-order valence-electron chi connectivity index (χ2n) is 11.3. The van der Waals surface area contributed by atoms with Crippen molar-refractivity contribution >= 4 is 11.4 Å². The Hall–Kier alpha value is -2.54. The van der Waals surface area contributed by atoms with Gasteiger partial charge in [-0.05, 0) is 85.5 Å². The van der Waals surface area contributed by atoms with E-state index in [1.807, 2.05) is 0 Å². The van der Waals surface area contributed by atoms with E-state index in [9.17, 15) is 0 Å². The molecule has 1 saturated carbocycles. The maximum Gasteiger partial charge on any atom is 0.0457 e. The third-order valence-corrected chi connectivity index (χ3v) is 7.70. The van der Waals surface area contributed by atoms with E-state index in [1.165, 1.54) is 65.7 Å². The fraction of sp³-hybridized carbons (Fsp3) is 0.419. The van der Waals surface area contributed by atoms with Crippen molar-refractivity contribution in [1.82, 2.24) is 0 Å². The number of hydrogen-bond donors (Lipinski definition) is 0. The van der Waals surface area contributed by atoms with Crippen LogP contribution in [0.3, 0.4) is 0 Å². The summed E-state index contributed by atoms with van der Waals surface area (Å²) in [5.41, 5.74) is 10.1. The van der Waals surface area contributed by atoms with Gasteiger partial charge in [0.25, 0.3) is 0 Å². The number of anilines is 2. The molecule has 2 aliphatic carbocycles. The molecule has 0 N–H and O–H groups in total. The molecule has 0 radical (unpaired) electrons. The Balaban J connectivity index is 1.78. The van der Waals surface area contributed by atoms with Crippen molar-refractivity contribution in [2.24, 2.45) is 0 Å². The molecule has 3 aromatic rings. The summed E-state index contributed by atoms with van der Waals surface area (Å²) >= 11 is 0. The van der Waals surface area contributed by atoms with Crippen LogP contribution in [0.15, 0.2) is 66.7 Å². The van der Waals surface area contributed by atoms with Crippen LogP contribution in [0, 0.1) is 0 Å². The zero-order chi connectivity index (χ0) is 22.5. The quantitative estimate of drug-likeness (QED) is 0.406. The summed E-state index contributed by atoms with van der Waals surface area (Å²) in [6, 6.07) is 25.1. The fourth-order valence-corrected chi connectivity index (χ4v) is 6.15. The van der Waals surface area contributed by atoms with Gasteiger partial charge in [0.1, 0.15) is 0 Å². The van der Waals surface area contributed by atoms with Crippen molar-refractivity contribution in [3.05, 3.63) is 83.4 Å². The lowest BCUT2D eigenvalue weighted by Gasteiger charge is -2.41. The van der Waals surface area contributed by atoms with Crippen LogP contribution in [0.2, 0.25) is 0 Å². The summed E-state index contributed by atoms with van der Waals surface area (Å²) in [7, 11) is 0. The smallest absolute Gasteiger partial charge is 0.0457 e. The molecule has 166 valence electrons. The van der Waals surface area contributed by atoms with Gasteiger partial charge >= 0.3 is 0 Å². The molecule has 1 nitrogen and oxygen atoms in total. The van der Waals surface area contributed by atoms with E-state index < -0.39 is 0 Å². The predicted octanol–water partition coefficient (Wildman–Crippen LogP) is 8.98. The maximum atomic E-state index is 2.60. The van der Waals surface area contributed by atoms with Gasteiger partial charge in [-0.2, -0.15) is 0 Å². The summed E-state index contributed by atoms with van der Waals surface area (Å²) < 4.78 is 0. The number of hydrogen-bond acceptors (Lipinski definition) is 1. The monoisotopic (exact) mass is 423 g/mol. The second kappa shape index (κ2) is 7.80. The lowest BCUT2D eigenvalue weighted by molar-refractivity contribution is 0.441. The molecule has 1 fully saturated rings. The molecule has 0 bridgehead atoms. The van der Waals surface area contributed by atoms with E-state index in [0.717, 1.165) is 0 Å². The largest absolute Gasteiger partial charge is 0.336 e. The van der Waals surface area contributed by atoms with Gasteiger partial charge in [0, 0.05) is 22.3 Å². The molecule has 0 spiro atoms. The maximum absolute atomic E-state index is 2.60. The lowest BCUT2D eigenvalue weighted by atomic mass is 9.77. The minimum absolute atomic E-state index is 0.0212. The Morgan fingerprint density at radius 2 is 1.41 bits per heavy atom. The van der Waals surface area contributed by atoms with Gasteiger partial charge in [0.2, 0.25) is 0 Å². The van der Waals surface area contributed by atoms with Crippen LogP contribution in [0.4, 0.5) is 11.4 Å². The van der Waals surface area contributed by atoms with Crippen LogP contribution in [-0.4, -0.2) is 5.54 Å². The summed E-state index contributed by atoms with van der Waals surface area (Å²) in [5, 5.41) is 0. The normalized spacial score (nSPS) is 17.7. The Morgan fingerprint density at radius 1 is 0.750 bits per heavy atom. The second-order valence-corrected chi connectivity index (χ2v) is 11.3. The summed E-state index contributed by atoms with van der Waals surface area (Å²) in [4.78, 5) is 2.59.